The largest absolute Gasteiger partial charge is 0.494 e. The first-order valence-electron chi connectivity index (χ1n) is 9.74. The zero-order valence-corrected chi connectivity index (χ0v) is 18.5. The molecule has 9 heteroatoms. The molecule has 0 aromatic heterocycles. The molecule has 1 fully saturated rings. The number of amides is 1. The summed E-state index contributed by atoms with van der Waals surface area (Å²) >= 11 is 6.21. The van der Waals surface area contributed by atoms with E-state index < -0.39 is 15.9 Å². The number of hydrogen-bond acceptors (Lipinski definition) is 5. The van der Waals surface area contributed by atoms with Crippen LogP contribution in [0.2, 0.25) is 5.02 Å². The minimum atomic E-state index is -3.72. The van der Waals surface area contributed by atoms with Crippen LogP contribution in [-0.4, -0.2) is 51.5 Å². The van der Waals surface area contributed by atoms with Crippen LogP contribution < -0.4 is 10.1 Å². The summed E-state index contributed by atoms with van der Waals surface area (Å²) in [4.78, 5) is 12.9. The van der Waals surface area contributed by atoms with Crippen molar-refractivity contribution in [2.45, 2.75) is 24.8 Å². The number of nitrogens with zero attached hydrogens (tertiary/aromatic N) is 1. The molecular formula is C21H25ClN2O5S. The van der Waals surface area contributed by atoms with Crippen molar-refractivity contribution in [3.05, 3.63) is 58.6 Å². The van der Waals surface area contributed by atoms with Crippen molar-refractivity contribution in [1.29, 1.82) is 0 Å². The van der Waals surface area contributed by atoms with Crippen LogP contribution in [0.1, 0.15) is 35.8 Å². The Morgan fingerprint density at radius 3 is 2.50 bits per heavy atom. The van der Waals surface area contributed by atoms with Crippen molar-refractivity contribution >= 4 is 27.5 Å². The van der Waals surface area contributed by atoms with Gasteiger partial charge >= 0.3 is 0 Å². The fourth-order valence-electron chi connectivity index (χ4n) is 3.15. The zero-order valence-electron chi connectivity index (χ0n) is 16.9. The molecule has 1 atom stereocenters. The third-order valence-corrected chi connectivity index (χ3v) is 7.05. The molecule has 2 aromatic carbocycles. The SMILES string of the molecule is CCOc1ccc([C@H](C)NC(=O)c2cc(S(=O)(=O)N3CCOCC3)ccc2Cl)cc1. The predicted octanol–water partition coefficient (Wildman–Crippen LogP) is 3.25. The van der Waals surface area contributed by atoms with E-state index in [0.717, 1.165) is 11.3 Å². The number of carbonyl (C=O) groups excluding carboxylic acids is 1. The van der Waals surface area contributed by atoms with E-state index in [1.54, 1.807) is 0 Å². The number of ether oxygens (including phenoxy) is 2. The maximum absolute atomic E-state index is 12.9. The van der Waals surface area contributed by atoms with Gasteiger partial charge in [0.15, 0.2) is 0 Å². The van der Waals surface area contributed by atoms with Crippen molar-refractivity contribution < 1.29 is 22.7 Å². The molecule has 1 amide bonds. The molecule has 0 bridgehead atoms. The highest BCUT2D eigenvalue weighted by molar-refractivity contribution is 7.89. The van der Waals surface area contributed by atoms with Crippen LogP contribution in [0.15, 0.2) is 47.4 Å². The lowest BCUT2D eigenvalue weighted by molar-refractivity contribution is 0.0730. The first-order valence-corrected chi connectivity index (χ1v) is 11.6. The van der Waals surface area contributed by atoms with Crippen LogP contribution in [0, 0.1) is 0 Å². The molecule has 162 valence electrons. The van der Waals surface area contributed by atoms with E-state index in [4.69, 9.17) is 21.1 Å². The fourth-order valence-corrected chi connectivity index (χ4v) is 4.79. The van der Waals surface area contributed by atoms with E-state index in [-0.39, 0.29) is 34.6 Å². The number of carbonyl (C=O) groups is 1. The van der Waals surface area contributed by atoms with Gasteiger partial charge in [-0.2, -0.15) is 4.31 Å². The molecule has 1 aliphatic rings. The number of rotatable bonds is 7. The quantitative estimate of drug-likeness (QED) is 0.697. The lowest BCUT2D eigenvalue weighted by Crippen LogP contribution is -2.40. The lowest BCUT2D eigenvalue weighted by Gasteiger charge is -2.26. The van der Waals surface area contributed by atoms with E-state index in [0.29, 0.717) is 19.8 Å². The minimum absolute atomic E-state index is 0.0349. The van der Waals surface area contributed by atoms with Crippen molar-refractivity contribution in [3.8, 4) is 5.75 Å². The standard InChI is InChI=1S/C21H25ClN2O5S/c1-3-29-17-6-4-16(5-7-17)15(2)23-21(25)19-14-18(8-9-20(19)22)30(26,27)24-10-12-28-13-11-24/h4-9,14-15H,3,10-13H2,1-2H3,(H,23,25)/t15-/m0/s1. The molecule has 2 aromatic rings. The summed E-state index contributed by atoms with van der Waals surface area (Å²) in [6.45, 7) is 5.58. The van der Waals surface area contributed by atoms with Gasteiger partial charge in [0.05, 0.1) is 41.3 Å². The topological polar surface area (TPSA) is 84.9 Å². The van der Waals surface area contributed by atoms with Crippen LogP contribution in [0.3, 0.4) is 0 Å². The Hall–Kier alpha value is -2.13. The van der Waals surface area contributed by atoms with Crippen molar-refractivity contribution in [2.75, 3.05) is 32.9 Å². The predicted molar refractivity (Wildman–Crippen MR) is 115 cm³/mol. The summed E-state index contributed by atoms with van der Waals surface area (Å²) in [6.07, 6.45) is 0. The molecule has 1 saturated heterocycles. The second kappa shape index (κ2) is 9.78. The Morgan fingerprint density at radius 2 is 1.87 bits per heavy atom. The van der Waals surface area contributed by atoms with Crippen LogP contribution in [-0.2, 0) is 14.8 Å². The first kappa shape index (κ1) is 22.6. The third kappa shape index (κ3) is 5.13. The Labute approximate surface area is 182 Å². The van der Waals surface area contributed by atoms with Gasteiger partial charge in [0, 0.05) is 13.1 Å². The van der Waals surface area contributed by atoms with Gasteiger partial charge in [0.25, 0.3) is 5.91 Å². The molecule has 7 nitrogen and oxygen atoms in total. The maximum atomic E-state index is 12.9. The Morgan fingerprint density at radius 1 is 1.20 bits per heavy atom. The molecule has 1 aliphatic heterocycles. The summed E-state index contributed by atoms with van der Waals surface area (Å²) in [7, 11) is -3.72. The molecular weight excluding hydrogens is 428 g/mol. The minimum Gasteiger partial charge on any atom is -0.494 e. The van der Waals surface area contributed by atoms with Gasteiger partial charge in [0.1, 0.15) is 5.75 Å². The Bertz CT molecular complexity index is 989. The van der Waals surface area contributed by atoms with Gasteiger partial charge in [-0.3, -0.25) is 4.79 Å². The molecule has 0 saturated carbocycles. The van der Waals surface area contributed by atoms with Gasteiger partial charge in [-0.25, -0.2) is 8.42 Å². The molecule has 3 rings (SSSR count). The zero-order chi connectivity index (χ0) is 21.7. The van der Waals surface area contributed by atoms with E-state index in [9.17, 15) is 13.2 Å². The van der Waals surface area contributed by atoms with Crippen LogP contribution in [0.4, 0.5) is 0 Å². The maximum Gasteiger partial charge on any atom is 0.253 e. The van der Waals surface area contributed by atoms with Crippen molar-refractivity contribution in [2.24, 2.45) is 0 Å². The van der Waals surface area contributed by atoms with Crippen LogP contribution in [0.25, 0.3) is 0 Å². The van der Waals surface area contributed by atoms with Gasteiger partial charge in [-0.05, 0) is 49.7 Å². The number of benzene rings is 2. The van der Waals surface area contributed by atoms with Gasteiger partial charge in [-0.1, -0.05) is 23.7 Å². The van der Waals surface area contributed by atoms with Gasteiger partial charge < -0.3 is 14.8 Å². The second-order valence-corrected chi connectivity index (χ2v) is 9.20. The number of halogens is 1. The van der Waals surface area contributed by atoms with E-state index in [1.807, 2.05) is 38.1 Å². The highest BCUT2D eigenvalue weighted by Crippen LogP contribution is 2.25. The second-order valence-electron chi connectivity index (χ2n) is 6.86. The highest BCUT2D eigenvalue weighted by atomic mass is 35.5. The molecule has 1 heterocycles. The summed E-state index contributed by atoms with van der Waals surface area (Å²) in [5.74, 6) is 0.309. The first-order chi connectivity index (χ1) is 14.3. The van der Waals surface area contributed by atoms with Gasteiger partial charge in [-0.15, -0.1) is 0 Å². The van der Waals surface area contributed by atoms with Crippen LogP contribution in [0.5, 0.6) is 5.75 Å². The van der Waals surface area contributed by atoms with E-state index in [1.165, 1.54) is 22.5 Å². The van der Waals surface area contributed by atoms with Gasteiger partial charge in [0.2, 0.25) is 10.0 Å². The molecule has 1 N–H and O–H groups in total. The van der Waals surface area contributed by atoms with Crippen molar-refractivity contribution in [3.63, 3.8) is 0 Å². The van der Waals surface area contributed by atoms with E-state index in [2.05, 4.69) is 5.32 Å². The number of sulfonamides is 1. The monoisotopic (exact) mass is 452 g/mol. The third-order valence-electron chi connectivity index (χ3n) is 4.83. The normalized spacial score (nSPS) is 16.1. The average molecular weight is 453 g/mol. The number of nitrogens with one attached hydrogen (secondary N) is 1. The summed E-state index contributed by atoms with van der Waals surface area (Å²) in [5, 5.41) is 3.06. The molecule has 0 aliphatic carbocycles. The molecule has 30 heavy (non-hydrogen) atoms. The average Bonchev–Trinajstić information content (AvgIpc) is 2.75. The molecule has 0 radical (unpaired) electrons. The lowest BCUT2D eigenvalue weighted by atomic mass is 10.1. The molecule has 0 spiro atoms. The number of hydrogen-bond donors (Lipinski definition) is 1. The van der Waals surface area contributed by atoms with Crippen LogP contribution >= 0.6 is 11.6 Å². The number of morpholine rings is 1. The summed E-state index contributed by atoms with van der Waals surface area (Å²) < 4.78 is 37.8. The fraction of sp³-hybridized carbons (Fsp3) is 0.381. The van der Waals surface area contributed by atoms with Crippen molar-refractivity contribution in [1.82, 2.24) is 9.62 Å². The van der Waals surface area contributed by atoms with E-state index >= 15 is 0 Å². The summed E-state index contributed by atoms with van der Waals surface area (Å²) in [6, 6.07) is 11.3. The molecule has 0 unspecified atom stereocenters. The Balaban J connectivity index is 1.77. The highest BCUT2D eigenvalue weighted by Gasteiger charge is 2.27. The summed E-state index contributed by atoms with van der Waals surface area (Å²) in [5.41, 5.74) is 1.00. The Kier molecular flexibility index (Phi) is 7.36. The smallest absolute Gasteiger partial charge is 0.253 e.